The van der Waals surface area contributed by atoms with Gasteiger partial charge in [-0.1, -0.05) is 23.2 Å². The highest BCUT2D eigenvalue weighted by Crippen LogP contribution is 2.40. The lowest BCUT2D eigenvalue weighted by Gasteiger charge is -2.10. The van der Waals surface area contributed by atoms with Crippen molar-refractivity contribution in [2.75, 3.05) is 18.7 Å². The topological polar surface area (TPSA) is 48.3 Å². The van der Waals surface area contributed by atoms with Crippen molar-refractivity contribution in [3.05, 3.63) is 52.0 Å². The van der Waals surface area contributed by atoms with Crippen molar-refractivity contribution in [1.29, 1.82) is 0 Å². The molecule has 0 radical (unpaired) electrons. The summed E-state index contributed by atoms with van der Waals surface area (Å²) in [5.74, 6) is 2.51. The first-order valence-electron chi connectivity index (χ1n) is 8.92. The highest BCUT2D eigenvalue weighted by molar-refractivity contribution is 6.35. The summed E-state index contributed by atoms with van der Waals surface area (Å²) in [6, 6.07) is 11.4. The highest BCUT2D eigenvalue weighted by atomic mass is 35.5. The van der Waals surface area contributed by atoms with Gasteiger partial charge in [-0.2, -0.15) is 5.10 Å². The fourth-order valence-electron chi connectivity index (χ4n) is 3.61. The van der Waals surface area contributed by atoms with Crippen molar-refractivity contribution in [3.8, 4) is 28.4 Å². The van der Waals surface area contributed by atoms with E-state index >= 15 is 0 Å². The summed E-state index contributed by atoms with van der Waals surface area (Å²) in [5, 5.41) is 9.62. The number of nitrogens with zero attached hydrogens (tertiary/aromatic N) is 2. The van der Waals surface area contributed by atoms with Crippen LogP contribution in [-0.2, 0) is 6.42 Å². The Kier molecular flexibility index (Phi) is 4.14. The molecular weight excluding hydrogens is 385 g/mol. The molecule has 0 atom stereocenters. The van der Waals surface area contributed by atoms with E-state index in [4.69, 9.17) is 37.8 Å². The maximum Gasteiger partial charge on any atom is 0.231 e. The van der Waals surface area contributed by atoms with Gasteiger partial charge in [-0.15, -0.1) is 0 Å². The number of fused-ring (bicyclic) bond motifs is 2. The van der Waals surface area contributed by atoms with E-state index in [1.54, 1.807) is 6.07 Å². The molecule has 1 N–H and O–H groups in total. The number of hydrogen-bond donors (Lipinski definition) is 1. The number of ether oxygens (including phenoxy) is 2. The van der Waals surface area contributed by atoms with Gasteiger partial charge in [0.15, 0.2) is 11.5 Å². The van der Waals surface area contributed by atoms with E-state index in [1.165, 1.54) is 5.56 Å². The second-order valence-electron chi connectivity index (χ2n) is 6.64. The predicted molar refractivity (Wildman–Crippen MR) is 107 cm³/mol. The maximum atomic E-state index is 6.47. The standard InChI is InChI=1S/C20H17Cl2N3O2/c21-13-5-6-16(15(22)10-13)25-20-14(3-1-2-8-23-20)19(24-25)12-4-7-17-18(9-12)27-11-26-17/h4-7,9-10,23H,1-3,8,11H2. The summed E-state index contributed by atoms with van der Waals surface area (Å²) in [6.07, 6.45) is 3.18. The summed E-state index contributed by atoms with van der Waals surface area (Å²) in [7, 11) is 0. The minimum atomic E-state index is 0.257. The molecule has 1 aromatic heterocycles. The van der Waals surface area contributed by atoms with Crippen LogP contribution in [0.1, 0.15) is 18.4 Å². The second kappa shape index (κ2) is 6.66. The van der Waals surface area contributed by atoms with Crippen LogP contribution in [-0.4, -0.2) is 23.1 Å². The van der Waals surface area contributed by atoms with Crippen molar-refractivity contribution in [3.63, 3.8) is 0 Å². The molecule has 2 aliphatic heterocycles. The molecule has 27 heavy (non-hydrogen) atoms. The molecule has 3 aromatic rings. The zero-order valence-electron chi connectivity index (χ0n) is 14.5. The van der Waals surface area contributed by atoms with Crippen LogP contribution >= 0.6 is 23.2 Å². The van der Waals surface area contributed by atoms with E-state index in [-0.39, 0.29) is 6.79 Å². The Morgan fingerprint density at radius 1 is 1.00 bits per heavy atom. The van der Waals surface area contributed by atoms with E-state index in [9.17, 15) is 0 Å². The molecule has 5 nitrogen and oxygen atoms in total. The molecular formula is C20H17Cl2N3O2. The minimum absolute atomic E-state index is 0.257. The molecule has 7 heteroatoms. The number of anilines is 1. The quantitative estimate of drug-likeness (QED) is 0.630. The normalized spacial score (nSPS) is 15.2. The molecule has 0 aliphatic carbocycles. The summed E-state index contributed by atoms with van der Waals surface area (Å²) in [6.45, 7) is 1.16. The van der Waals surface area contributed by atoms with Gasteiger partial charge in [0.25, 0.3) is 0 Å². The van der Waals surface area contributed by atoms with Gasteiger partial charge >= 0.3 is 0 Å². The first-order valence-corrected chi connectivity index (χ1v) is 9.67. The Bertz CT molecular complexity index is 1030. The van der Waals surface area contributed by atoms with E-state index < -0.39 is 0 Å². The average molecular weight is 402 g/mol. The number of halogens is 2. The Labute approximate surface area is 166 Å². The molecule has 138 valence electrons. The highest BCUT2D eigenvalue weighted by Gasteiger charge is 2.24. The van der Waals surface area contributed by atoms with Gasteiger partial charge in [0.05, 0.1) is 16.4 Å². The molecule has 0 fully saturated rings. The Hall–Kier alpha value is -2.37. The van der Waals surface area contributed by atoms with Gasteiger partial charge in [0.2, 0.25) is 6.79 Å². The number of nitrogens with one attached hydrogen (secondary N) is 1. The van der Waals surface area contributed by atoms with Crippen molar-refractivity contribution < 1.29 is 9.47 Å². The third kappa shape index (κ3) is 2.91. The van der Waals surface area contributed by atoms with Crippen LogP contribution < -0.4 is 14.8 Å². The summed E-state index contributed by atoms with van der Waals surface area (Å²) < 4.78 is 12.9. The smallest absolute Gasteiger partial charge is 0.231 e. The van der Waals surface area contributed by atoms with Gasteiger partial charge < -0.3 is 14.8 Å². The summed E-state index contributed by atoms with van der Waals surface area (Å²) in [4.78, 5) is 0. The Morgan fingerprint density at radius 3 is 2.78 bits per heavy atom. The van der Waals surface area contributed by atoms with Crippen molar-refractivity contribution in [1.82, 2.24) is 9.78 Å². The Morgan fingerprint density at radius 2 is 1.89 bits per heavy atom. The van der Waals surface area contributed by atoms with E-state index in [1.807, 2.05) is 35.0 Å². The van der Waals surface area contributed by atoms with Crippen molar-refractivity contribution in [2.24, 2.45) is 0 Å². The van der Waals surface area contributed by atoms with Crippen LogP contribution in [0.15, 0.2) is 36.4 Å². The Balaban J connectivity index is 1.69. The molecule has 5 rings (SSSR count). The van der Waals surface area contributed by atoms with Crippen LogP contribution in [0, 0.1) is 0 Å². The summed E-state index contributed by atoms with van der Waals surface area (Å²) >= 11 is 12.5. The molecule has 3 heterocycles. The molecule has 2 aliphatic rings. The van der Waals surface area contributed by atoms with E-state index in [2.05, 4.69) is 5.32 Å². The van der Waals surface area contributed by atoms with Crippen LogP contribution in [0.5, 0.6) is 11.5 Å². The molecule has 0 unspecified atom stereocenters. The van der Waals surface area contributed by atoms with Crippen LogP contribution in [0.4, 0.5) is 5.82 Å². The third-order valence-electron chi connectivity index (χ3n) is 4.91. The van der Waals surface area contributed by atoms with Crippen LogP contribution in [0.3, 0.4) is 0 Å². The lowest BCUT2D eigenvalue weighted by Crippen LogP contribution is -2.07. The lowest BCUT2D eigenvalue weighted by molar-refractivity contribution is 0.174. The van der Waals surface area contributed by atoms with Gasteiger partial charge in [0.1, 0.15) is 5.82 Å². The van der Waals surface area contributed by atoms with Crippen LogP contribution in [0.2, 0.25) is 10.0 Å². The zero-order chi connectivity index (χ0) is 18.4. The number of benzene rings is 2. The molecule has 0 bridgehead atoms. The van der Waals surface area contributed by atoms with Crippen molar-refractivity contribution >= 4 is 29.0 Å². The van der Waals surface area contributed by atoms with Gasteiger partial charge in [0, 0.05) is 22.7 Å². The molecule has 2 aromatic carbocycles. The molecule has 0 saturated heterocycles. The number of aromatic nitrogens is 2. The number of hydrogen-bond acceptors (Lipinski definition) is 4. The predicted octanol–water partition coefficient (Wildman–Crippen LogP) is 5.32. The first-order chi connectivity index (χ1) is 13.2. The molecule has 0 spiro atoms. The fourth-order valence-corrected chi connectivity index (χ4v) is 4.09. The molecule has 0 amide bonds. The van der Waals surface area contributed by atoms with E-state index in [0.29, 0.717) is 10.0 Å². The van der Waals surface area contributed by atoms with Crippen molar-refractivity contribution in [2.45, 2.75) is 19.3 Å². The molecule has 0 saturated carbocycles. The third-order valence-corrected chi connectivity index (χ3v) is 5.45. The first kappa shape index (κ1) is 16.8. The minimum Gasteiger partial charge on any atom is -0.454 e. The largest absolute Gasteiger partial charge is 0.454 e. The van der Waals surface area contributed by atoms with E-state index in [0.717, 1.165) is 60.1 Å². The summed E-state index contributed by atoms with van der Waals surface area (Å²) in [5.41, 5.74) is 3.93. The van der Waals surface area contributed by atoms with Gasteiger partial charge in [-0.05, 0) is 55.7 Å². The number of rotatable bonds is 2. The average Bonchev–Trinajstić information content (AvgIpc) is 3.18. The zero-order valence-corrected chi connectivity index (χ0v) is 16.0. The maximum absolute atomic E-state index is 6.47. The van der Waals surface area contributed by atoms with Gasteiger partial charge in [-0.3, -0.25) is 0 Å². The lowest BCUT2D eigenvalue weighted by atomic mass is 10.0. The monoisotopic (exact) mass is 401 g/mol. The SMILES string of the molecule is Clc1ccc(-n2nc(-c3ccc4c(c3)OCO4)c3c2NCCCC3)c(Cl)c1. The fraction of sp³-hybridized carbons (Fsp3) is 0.250. The second-order valence-corrected chi connectivity index (χ2v) is 7.48. The van der Waals surface area contributed by atoms with Crippen LogP contribution in [0.25, 0.3) is 16.9 Å². The van der Waals surface area contributed by atoms with Gasteiger partial charge in [-0.25, -0.2) is 4.68 Å².